The van der Waals surface area contributed by atoms with E-state index in [2.05, 4.69) is 27.5 Å². The van der Waals surface area contributed by atoms with Gasteiger partial charge in [-0.05, 0) is 18.6 Å². The maximum absolute atomic E-state index is 12.7. The van der Waals surface area contributed by atoms with Crippen LogP contribution in [-0.2, 0) is 16.1 Å². The number of fused-ring (bicyclic) bond motifs is 1. The monoisotopic (exact) mass is 427 g/mol. The van der Waals surface area contributed by atoms with Crippen molar-refractivity contribution in [3.8, 4) is 0 Å². The normalized spacial score (nSPS) is 18.6. The van der Waals surface area contributed by atoms with Crippen molar-refractivity contribution in [1.29, 1.82) is 0 Å². The van der Waals surface area contributed by atoms with Gasteiger partial charge >= 0.3 is 0 Å². The third-order valence-corrected chi connectivity index (χ3v) is 5.20. The topological polar surface area (TPSA) is 83.7 Å². The van der Waals surface area contributed by atoms with Gasteiger partial charge < -0.3 is 20.3 Å². The zero-order valence-corrected chi connectivity index (χ0v) is 14.7. The van der Waals surface area contributed by atoms with Gasteiger partial charge in [-0.15, -0.1) is 0 Å². The number of carbonyl (C=O) groups excluding carboxylic acids is 3. The minimum absolute atomic E-state index is 0.178. The molecule has 122 valence electrons. The molecule has 6 nitrogen and oxygen atoms in total. The number of anilines is 1. The van der Waals surface area contributed by atoms with Crippen molar-refractivity contribution in [3.63, 3.8) is 0 Å². The standard InChI is InChI=1S/C16H18IN3O3/c17-10-7-19(8-10)13-4-1-3-11-12(13)9-20(16(11)23)14(15(18)22)5-2-6-21/h1,3-4,6,10,14H,2,5,7-9H2,(H2,18,22). The molecule has 23 heavy (non-hydrogen) atoms. The molecule has 7 heteroatoms. The third-order valence-electron chi connectivity index (χ3n) is 4.41. The molecule has 0 spiro atoms. The third kappa shape index (κ3) is 2.93. The first kappa shape index (κ1) is 16.2. The molecule has 1 saturated heterocycles. The Bertz CT molecular complexity index is 658. The maximum atomic E-state index is 12.7. The lowest BCUT2D eigenvalue weighted by molar-refractivity contribution is -0.122. The van der Waals surface area contributed by atoms with Crippen molar-refractivity contribution >= 4 is 46.4 Å². The van der Waals surface area contributed by atoms with Crippen LogP contribution in [0.15, 0.2) is 18.2 Å². The number of halogens is 1. The molecule has 2 aliphatic rings. The number of carbonyl (C=O) groups is 3. The Balaban J connectivity index is 1.87. The van der Waals surface area contributed by atoms with Crippen LogP contribution in [0, 0.1) is 0 Å². The molecule has 2 amide bonds. The summed E-state index contributed by atoms with van der Waals surface area (Å²) in [5.41, 5.74) is 8.10. The van der Waals surface area contributed by atoms with Gasteiger partial charge in [0.05, 0.1) is 0 Å². The van der Waals surface area contributed by atoms with Gasteiger partial charge in [-0.2, -0.15) is 0 Å². The van der Waals surface area contributed by atoms with Crippen molar-refractivity contribution < 1.29 is 14.4 Å². The van der Waals surface area contributed by atoms with Gasteiger partial charge in [-0.3, -0.25) is 9.59 Å². The van der Waals surface area contributed by atoms with Gasteiger partial charge in [0.25, 0.3) is 5.91 Å². The minimum atomic E-state index is -0.735. The fourth-order valence-corrected chi connectivity index (χ4v) is 4.14. The van der Waals surface area contributed by atoms with Gasteiger partial charge in [0, 0.05) is 46.8 Å². The highest BCUT2D eigenvalue weighted by Gasteiger charge is 2.38. The summed E-state index contributed by atoms with van der Waals surface area (Å²) in [6.07, 6.45) is 1.23. The van der Waals surface area contributed by atoms with Crippen LogP contribution in [0.25, 0.3) is 0 Å². The second-order valence-electron chi connectivity index (χ2n) is 5.90. The van der Waals surface area contributed by atoms with Crippen LogP contribution in [0.2, 0.25) is 0 Å². The highest BCUT2D eigenvalue weighted by molar-refractivity contribution is 14.1. The molecule has 3 rings (SSSR count). The lowest BCUT2D eigenvalue weighted by atomic mass is 10.0. The van der Waals surface area contributed by atoms with Crippen molar-refractivity contribution in [1.82, 2.24) is 4.90 Å². The number of nitrogens with two attached hydrogens (primary N) is 1. The first-order valence-electron chi connectivity index (χ1n) is 7.57. The molecule has 0 aliphatic carbocycles. The lowest BCUT2D eigenvalue weighted by Crippen LogP contribution is -2.48. The smallest absolute Gasteiger partial charge is 0.255 e. The summed E-state index contributed by atoms with van der Waals surface area (Å²) >= 11 is 2.41. The average Bonchev–Trinajstić information content (AvgIpc) is 2.82. The summed E-state index contributed by atoms with van der Waals surface area (Å²) in [5.74, 6) is -0.742. The molecule has 2 aliphatic heterocycles. The summed E-state index contributed by atoms with van der Waals surface area (Å²) < 4.78 is 0.627. The highest BCUT2D eigenvalue weighted by Crippen LogP contribution is 2.36. The van der Waals surface area contributed by atoms with Crippen molar-refractivity contribution in [2.45, 2.75) is 29.4 Å². The molecule has 1 aromatic carbocycles. The molecule has 2 heterocycles. The van der Waals surface area contributed by atoms with E-state index in [9.17, 15) is 14.4 Å². The Morgan fingerprint density at radius 1 is 1.43 bits per heavy atom. The van der Waals surface area contributed by atoms with Crippen LogP contribution in [0.4, 0.5) is 5.69 Å². The fraction of sp³-hybridized carbons (Fsp3) is 0.438. The van der Waals surface area contributed by atoms with Gasteiger partial charge in [0.2, 0.25) is 5.91 Å². The van der Waals surface area contributed by atoms with E-state index in [1.165, 1.54) is 4.90 Å². The van der Waals surface area contributed by atoms with Gasteiger partial charge in [-0.1, -0.05) is 28.7 Å². The molecule has 1 atom stereocenters. The van der Waals surface area contributed by atoms with E-state index in [0.29, 0.717) is 16.0 Å². The number of aldehydes is 1. The summed E-state index contributed by atoms with van der Waals surface area (Å²) in [6.45, 7) is 2.31. The first-order valence-corrected chi connectivity index (χ1v) is 8.82. The molecule has 1 unspecified atom stereocenters. The fourth-order valence-electron chi connectivity index (χ4n) is 3.19. The molecule has 1 aromatic rings. The van der Waals surface area contributed by atoms with E-state index in [1.807, 2.05) is 12.1 Å². The molecule has 0 saturated carbocycles. The van der Waals surface area contributed by atoms with Crippen LogP contribution in [0.1, 0.15) is 28.8 Å². The number of benzene rings is 1. The Labute approximate surface area is 148 Å². The minimum Gasteiger partial charge on any atom is -0.369 e. The quantitative estimate of drug-likeness (QED) is 0.419. The van der Waals surface area contributed by atoms with E-state index in [0.717, 1.165) is 30.6 Å². The summed E-state index contributed by atoms with van der Waals surface area (Å²) in [5, 5.41) is 0. The van der Waals surface area contributed by atoms with E-state index in [4.69, 9.17) is 5.73 Å². The highest BCUT2D eigenvalue weighted by atomic mass is 127. The first-order chi connectivity index (χ1) is 11.0. The summed E-state index contributed by atoms with van der Waals surface area (Å²) in [6, 6.07) is 4.95. The number of hydrogen-bond acceptors (Lipinski definition) is 4. The average molecular weight is 427 g/mol. The molecular formula is C16H18IN3O3. The van der Waals surface area contributed by atoms with Gasteiger partial charge in [0.1, 0.15) is 12.3 Å². The maximum Gasteiger partial charge on any atom is 0.255 e. The molecular weight excluding hydrogens is 409 g/mol. The zero-order chi connectivity index (χ0) is 16.6. The van der Waals surface area contributed by atoms with Crippen molar-refractivity contribution in [2.24, 2.45) is 5.73 Å². The van der Waals surface area contributed by atoms with Crippen LogP contribution in [-0.4, -0.2) is 46.1 Å². The predicted octanol–water partition coefficient (Wildman–Crippen LogP) is 1.10. The van der Waals surface area contributed by atoms with E-state index < -0.39 is 11.9 Å². The molecule has 0 bridgehead atoms. The predicted molar refractivity (Wildman–Crippen MR) is 94.6 cm³/mol. The number of primary amides is 1. The summed E-state index contributed by atoms with van der Waals surface area (Å²) in [7, 11) is 0. The SMILES string of the molecule is NC(=O)C(CCC=O)N1Cc2c(cccc2N2CC(I)C2)C1=O. The molecule has 0 aromatic heterocycles. The number of rotatable bonds is 6. The number of nitrogens with zero attached hydrogens (tertiary/aromatic N) is 2. The van der Waals surface area contributed by atoms with Crippen molar-refractivity contribution in [2.75, 3.05) is 18.0 Å². The van der Waals surface area contributed by atoms with E-state index in [-0.39, 0.29) is 18.7 Å². The second-order valence-corrected chi connectivity index (χ2v) is 7.66. The Morgan fingerprint density at radius 3 is 2.78 bits per heavy atom. The van der Waals surface area contributed by atoms with Crippen molar-refractivity contribution in [3.05, 3.63) is 29.3 Å². The van der Waals surface area contributed by atoms with E-state index in [1.54, 1.807) is 6.07 Å². The van der Waals surface area contributed by atoms with Gasteiger partial charge in [0.15, 0.2) is 0 Å². The molecule has 0 radical (unpaired) electrons. The second kappa shape index (κ2) is 6.46. The lowest BCUT2D eigenvalue weighted by Gasteiger charge is -2.39. The number of alkyl halides is 1. The molecule has 1 fully saturated rings. The largest absolute Gasteiger partial charge is 0.369 e. The molecule has 2 N–H and O–H groups in total. The Morgan fingerprint density at radius 2 is 2.17 bits per heavy atom. The number of amides is 2. The van der Waals surface area contributed by atoms with Crippen LogP contribution >= 0.6 is 22.6 Å². The van der Waals surface area contributed by atoms with Gasteiger partial charge in [-0.25, -0.2) is 0 Å². The van der Waals surface area contributed by atoms with Crippen LogP contribution in [0.3, 0.4) is 0 Å². The van der Waals surface area contributed by atoms with Crippen LogP contribution in [0.5, 0.6) is 0 Å². The Kier molecular flexibility index (Phi) is 4.56. The Hall–Kier alpha value is -1.64. The zero-order valence-electron chi connectivity index (χ0n) is 12.6. The summed E-state index contributed by atoms with van der Waals surface area (Å²) in [4.78, 5) is 38.7. The number of hydrogen-bond donors (Lipinski definition) is 1. The van der Waals surface area contributed by atoms with Crippen LogP contribution < -0.4 is 10.6 Å². The van der Waals surface area contributed by atoms with E-state index >= 15 is 0 Å².